The van der Waals surface area contributed by atoms with Crippen LogP contribution in [0.25, 0.3) is 0 Å². The second-order valence-electron chi connectivity index (χ2n) is 7.03. The first kappa shape index (κ1) is 20.2. The Morgan fingerprint density at radius 2 is 2.00 bits per heavy atom. The monoisotopic (exact) mass is 433 g/mol. The molecule has 1 saturated heterocycles. The lowest BCUT2D eigenvalue weighted by molar-refractivity contribution is -0.119. The summed E-state index contributed by atoms with van der Waals surface area (Å²) in [6, 6.07) is 10.9. The molecule has 4 rings (SSSR count). The third-order valence-electron chi connectivity index (χ3n) is 5.06. The second kappa shape index (κ2) is 8.73. The summed E-state index contributed by atoms with van der Waals surface area (Å²) in [7, 11) is -3.46. The van der Waals surface area contributed by atoms with Crippen molar-refractivity contribution in [2.75, 3.05) is 25.4 Å². The lowest BCUT2D eigenvalue weighted by atomic mass is 10.0. The summed E-state index contributed by atoms with van der Waals surface area (Å²) in [5.41, 5.74) is 0.992. The molecule has 0 aliphatic carbocycles. The minimum atomic E-state index is -3.46. The van der Waals surface area contributed by atoms with Crippen molar-refractivity contribution in [2.45, 2.75) is 35.2 Å². The summed E-state index contributed by atoms with van der Waals surface area (Å²) in [5.74, 6) is 0.936. The van der Waals surface area contributed by atoms with Crippen LogP contribution < -0.4 is 10.1 Å². The van der Waals surface area contributed by atoms with E-state index in [9.17, 15) is 13.2 Å². The van der Waals surface area contributed by atoms with Gasteiger partial charge in [-0.15, -0.1) is 0 Å². The lowest BCUT2D eigenvalue weighted by Gasteiger charge is -2.26. The van der Waals surface area contributed by atoms with Crippen molar-refractivity contribution in [3.8, 4) is 5.75 Å². The van der Waals surface area contributed by atoms with Crippen LogP contribution in [-0.4, -0.2) is 49.1 Å². The van der Waals surface area contributed by atoms with E-state index in [1.165, 1.54) is 22.3 Å². The number of thioether (sulfide) groups is 1. The number of nitrogens with one attached hydrogen (secondary N) is 1. The Balaban J connectivity index is 1.33. The van der Waals surface area contributed by atoms with E-state index in [-0.39, 0.29) is 22.6 Å². The second-order valence-corrected chi connectivity index (χ2v) is 9.96. The Bertz CT molecular complexity index is 973. The van der Waals surface area contributed by atoms with Crippen LogP contribution in [0.2, 0.25) is 0 Å². The maximum atomic E-state index is 12.5. The normalized spacial score (nSPS) is 19.4. The van der Waals surface area contributed by atoms with Gasteiger partial charge in [-0.3, -0.25) is 4.79 Å². The van der Waals surface area contributed by atoms with Gasteiger partial charge < -0.3 is 10.1 Å². The first-order valence-corrected chi connectivity index (χ1v) is 12.1. The molecule has 29 heavy (non-hydrogen) atoms. The number of hydrogen-bond donors (Lipinski definition) is 1. The summed E-state index contributed by atoms with van der Waals surface area (Å²) in [5, 5.41) is 3.67. The van der Waals surface area contributed by atoms with Gasteiger partial charge in [-0.05, 0) is 31.0 Å². The van der Waals surface area contributed by atoms with Crippen molar-refractivity contribution in [2.24, 2.45) is 0 Å². The van der Waals surface area contributed by atoms with E-state index in [1.54, 1.807) is 12.1 Å². The molecule has 2 aliphatic rings. The van der Waals surface area contributed by atoms with Gasteiger partial charge in [0.15, 0.2) is 0 Å². The molecule has 1 atom stereocenters. The number of amides is 1. The predicted molar refractivity (Wildman–Crippen MR) is 110 cm³/mol. The van der Waals surface area contributed by atoms with Crippen LogP contribution in [0, 0.1) is 0 Å². The third-order valence-corrected chi connectivity index (χ3v) is 7.88. The summed E-state index contributed by atoms with van der Waals surface area (Å²) in [4.78, 5) is 16.8. The highest BCUT2D eigenvalue weighted by Gasteiger charge is 2.27. The van der Waals surface area contributed by atoms with Crippen molar-refractivity contribution in [1.82, 2.24) is 14.6 Å². The number of carbonyl (C=O) groups is 1. The number of aromatic nitrogens is 1. The molecule has 7 nitrogen and oxygen atoms in total. The van der Waals surface area contributed by atoms with Crippen LogP contribution in [0.4, 0.5) is 0 Å². The highest BCUT2D eigenvalue weighted by molar-refractivity contribution is 7.99. The van der Waals surface area contributed by atoms with Gasteiger partial charge in [0, 0.05) is 31.3 Å². The Labute approximate surface area is 174 Å². The van der Waals surface area contributed by atoms with Gasteiger partial charge in [0.1, 0.15) is 10.6 Å². The Hall–Kier alpha value is -2.10. The Morgan fingerprint density at radius 1 is 1.21 bits per heavy atom. The van der Waals surface area contributed by atoms with Crippen molar-refractivity contribution < 1.29 is 17.9 Å². The van der Waals surface area contributed by atoms with Crippen LogP contribution in [0.1, 0.15) is 30.9 Å². The quantitative estimate of drug-likeness (QED) is 0.705. The van der Waals surface area contributed by atoms with Crippen LogP contribution in [0.15, 0.2) is 52.5 Å². The molecule has 1 fully saturated rings. The van der Waals surface area contributed by atoms with Gasteiger partial charge in [0.25, 0.3) is 0 Å². The number of ether oxygens (including phenoxy) is 1. The van der Waals surface area contributed by atoms with E-state index in [0.29, 0.717) is 24.7 Å². The van der Waals surface area contributed by atoms with Crippen LogP contribution in [0.3, 0.4) is 0 Å². The van der Waals surface area contributed by atoms with Crippen LogP contribution in [-0.2, 0) is 14.8 Å². The van der Waals surface area contributed by atoms with Crippen LogP contribution >= 0.6 is 11.8 Å². The molecule has 154 valence electrons. The predicted octanol–water partition coefficient (Wildman–Crippen LogP) is 2.60. The average Bonchev–Trinajstić information content (AvgIpc) is 3.29. The fourth-order valence-electron chi connectivity index (χ4n) is 3.55. The van der Waals surface area contributed by atoms with E-state index in [2.05, 4.69) is 10.3 Å². The SMILES string of the molecule is O=C(CSc1ccc(S(=O)(=O)N2CCCC2)cn1)NC1CCOc2ccccc21. The number of para-hydroxylation sites is 1. The molecule has 2 aromatic rings. The van der Waals surface area contributed by atoms with E-state index in [4.69, 9.17) is 4.74 Å². The summed E-state index contributed by atoms with van der Waals surface area (Å²) >= 11 is 1.29. The topological polar surface area (TPSA) is 88.6 Å². The number of rotatable bonds is 6. The molecular formula is C20H23N3O4S2. The molecule has 9 heteroatoms. The Kier molecular flexibility index (Phi) is 6.07. The van der Waals surface area contributed by atoms with Crippen molar-refractivity contribution in [3.05, 3.63) is 48.2 Å². The van der Waals surface area contributed by atoms with Gasteiger partial charge in [0.05, 0.1) is 23.4 Å². The van der Waals surface area contributed by atoms with Crippen molar-refractivity contribution >= 4 is 27.7 Å². The molecule has 1 unspecified atom stereocenters. The van der Waals surface area contributed by atoms with Gasteiger partial charge in [0.2, 0.25) is 15.9 Å². The molecule has 2 aliphatic heterocycles. The first-order valence-electron chi connectivity index (χ1n) is 9.64. The molecular weight excluding hydrogens is 410 g/mol. The molecule has 0 bridgehead atoms. The number of nitrogens with zero attached hydrogens (tertiary/aromatic N) is 2. The molecule has 1 aromatic heterocycles. The van der Waals surface area contributed by atoms with Gasteiger partial charge in [-0.1, -0.05) is 30.0 Å². The van der Waals surface area contributed by atoms with E-state index in [1.807, 2.05) is 24.3 Å². The maximum Gasteiger partial charge on any atom is 0.244 e. The summed E-state index contributed by atoms with van der Waals surface area (Å²) in [6.07, 6.45) is 3.90. The zero-order chi connectivity index (χ0) is 20.3. The minimum Gasteiger partial charge on any atom is -0.493 e. The maximum absolute atomic E-state index is 12.5. The number of pyridine rings is 1. The molecule has 1 N–H and O–H groups in total. The fraction of sp³-hybridized carbons (Fsp3) is 0.400. The third kappa shape index (κ3) is 4.57. The zero-order valence-corrected chi connectivity index (χ0v) is 17.5. The minimum absolute atomic E-state index is 0.0611. The number of fused-ring (bicyclic) bond motifs is 1. The van der Waals surface area contributed by atoms with Gasteiger partial charge >= 0.3 is 0 Å². The fourth-order valence-corrected chi connectivity index (χ4v) is 5.67. The van der Waals surface area contributed by atoms with Crippen molar-refractivity contribution in [1.29, 1.82) is 0 Å². The average molecular weight is 434 g/mol. The highest BCUT2D eigenvalue weighted by Crippen LogP contribution is 2.31. The summed E-state index contributed by atoms with van der Waals surface area (Å²) in [6.45, 7) is 1.70. The standard InChI is InChI=1S/C20H23N3O4S2/c24-19(22-17-9-12-27-18-6-2-1-5-16(17)18)14-28-20-8-7-15(13-21-20)29(25,26)23-10-3-4-11-23/h1-2,5-8,13,17H,3-4,9-12,14H2,(H,22,24). The smallest absolute Gasteiger partial charge is 0.244 e. The highest BCUT2D eigenvalue weighted by atomic mass is 32.2. The summed E-state index contributed by atoms with van der Waals surface area (Å²) < 4.78 is 32.2. The molecule has 0 spiro atoms. The molecule has 3 heterocycles. The number of carbonyl (C=O) groups excluding carboxylic acids is 1. The van der Waals surface area contributed by atoms with Gasteiger partial charge in [-0.2, -0.15) is 4.31 Å². The zero-order valence-electron chi connectivity index (χ0n) is 15.9. The van der Waals surface area contributed by atoms with Gasteiger partial charge in [-0.25, -0.2) is 13.4 Å². The number of sulfonamides is 1. The molecule has 0 radical (unpaired) electrons. The lowest BCUT2D eigenvalue weighted by Crippen LogP contribution is -2.33. The molecule has 0 saturated carbocycles. The molecule has 1 aromatic carbocycles. The molecule has 1 amide bonds. The van der Waals surface area contributed by atoms with E-state index in [0.717, 1.165) is 30.6 Å². The largest absolute Gasteiger partial charge is 0.493 e. The van der Waals surface area contributed by atoms with E-state index >= 15 is 0 Å². The first-order chi connectivity index (χ1) is 14.0. The Morgan fingerprint density at radius 3 is 2.76 bits per heavy atom. The van der Waals surface area contributed by atoms with Crippen LogP contribution in [0.5, 0.6) is 5.75 Å². The number of hydrogen-bond acceptors (Lipinski definition) is 6. The van der Waals surface area contributed by atoms with Crippen molar-refractivity contribution in [3.63, 3.8) is 0 Å². The van der Waals surface area contributed by atoms with E-state index < -0.39 is 10.0 Å². The number of benzene rings is 1.